The highest BCUT2D eigenvalue weighted by molar-refractivity contribution is 9.10. The van der Waals surface area contributed by atoms with Crippen LogP contribution in [0.4, 0.5) is 11.4 Å². The lowest BCUT2D eigenvalue weighted by atomic mass is 10.1. The maximum Gasteiger partial charge on any atom is 0.274 e. The highest BCUT2D eigenvalue weighted by Gasteiger charge is 2.31. The molecule has 0 saturated carbocycles. The normalized spacial score (nSPS) is 14.9. The van der Waals surface area contributed by atoms with Gasteiger partial charge in [-0.05, 0) is 48.4 Å². The van der Waals surface area contributed by atoms with Crippen molar-refractivity contribution in [2.24, 2.45) is 0 Å². The zero-order valence-corrected chi connectivity index (χ0v) is 17.7. The predicted molar refractivity (Wildman–Crippen MR) is 122 cm³/mol. The predicted octanol–water partition coefficient (Wildman–Crippen LogP) is 6.14. The van der Waals surface area contributed by atoms with E-state index in [-0.39, 0.29) is 11.6 Å². The van der Waals surface area contributed by atoms with E-state index in [1.807, 2.05) is 66.7 Å². The van der Waals surface area contributed by atoms with Gasteiger partial charge in [-0.3, -0.25) is 19.8 Å². The molecule has 0 N–H and O–H groups in total. The fraction of sp³-hybridized carbons (Fsp3) is 0.0417. The molecule has 3 aromatic rings. The van der Waals surface area contributed by atoms with Gasteiger partial charge in [-0.1, -0.05) is 64.5 Å². The van der Waals surface area contributed by atoms with Gasteiger partial charge in [0.25, 0.3) is 11.6 Å². The minimum atomic E-state index is -0.427. The van der Waals surface area contributed by atoms with Crippen LogP contribution in [0.15, 0.2) is 88.9 Å². The number of nitrogens with zero attached hydrogens (tertiary/aromatic N) is 2. The fourth-order valence-corrected chi connectivity index (χ4v) is 3.63. The van der Waals surface area contributed by atoms with Crippen LogP contribution in [0.25, 0.3) is 11.8 Å². The van der Waals surface area contributed by atoms with E-state index < -0.39 is 4.92 Å². The van der Waals surface area contributed by atoms with Crippen molar-refractivity contribution in [2.75, 3.05) is 4.90 Å². The van der Waals surface area contributed by atoms with Crippen molar-refractivity contribution in [1.29, 1.82) is 0 Å². The van der Waals surface area contributed by atoms with Crippen LogP contribution in [-0.4, -0.2) is 10.8 Å². The first kappa shape index (κ1) is 19.8. The Bertz CT molecular complexity index is 1200. The minimum absolute atomic E-state index is 0.0157. The number of hydrogen-bond acceptors (Lipinski definition) is 3. The molecular weight excluding hydrogens is 444 g/mol. The van der Waals surface area contributed by atoms with E-state index in [2.05, 4.69) is 15.9 Å². The molecule has 0 aliphatic carbocycles. The summed E-state index contributed by atoms with van der Waals surface area (Å²) in [6.45, 7) is 1.68. The number of rotatable bonds is 4. The zero-order valence-electron chi connectivity index (χ0n) is 16.1. The Kier molecular flexibility index (Phi) is 5.33. The quantitative estimate of drug-likeness (QED) is 0.267. The van der Waals surface area contributed by atoms with E-state index in [1.165, 1.54) is 11.0 Å². The van der Waals surface area contributed by atoms with Crippen LogP contribution < -0.4 is 4.90 Å². The van der Waals surface area contributed by atoms with E-state index in [1.54, 1.807) is 19.1 Å². The van der Waals surface area contributed by atoms with Crippen molar-refractivity contribution in [1.82, 2.24) is 0 Å². The Morgan fingerprint density at radius 1 is 1.00 bits per heavy atom. The van der Waals surface area contributed by atoms with Crippen LogP contribution in [0, 0.1) is 17.0 Å². The summed E-state index contributed by atoms with van der Waals surface area (Å²) in [5, 5.41) is 11.4. The van der Waals surface area contributed by atoms with Crippen molar-refractivity contribution >= 4 is 45.0 Å². The summed E-state index contributed by atoms with van der Waals surface area (Å²) in [4.78, 5) is 25.9. The van der Waals surface area contributed by atoms with Gasteiger partial charge in [0.15, 0.2) is 0 Å². The first-order valence-corrected chi connectivity index (χ1v) is 10.1. The van der Waals surface area contributed by atoms with Gasteiger partial charge in [0.1, 0.15) is 0 Å². The van der Waals surface area contributed by atoms with Crippen molar-refractivity contribution in [3.8, 4) is 0 Å². The number of carbonyl (C=O) groups is 1. The Balaban J connectivity index is 1.84. The fourth-order valence-electron chi connectivity index (χ4n) is 3.37. The van der Waals surface area contributed by atoms with E-state index in [0.29, 0.717) is 22.5 Å². The molecular formula is C24H17BrN2O3. The van der Waals surface area contributed by atoms with Crippen LogP contribution in [0.2, 0.25) is 0 Å². The first-order valence-electron chi connectivity index (χ1n) is 9.28. The van der Waals surface area contributed by atoms with Gasteiger partial charge in [-0.25, -0.2) is 0 Å². The molecule has 0 atom stereocenters. The van der Waals surface area contributed by atoms with E-state index in [9.17, 15) is 14.9 Å². The topological polar surface area (TPSA) is 63.5 Å². The maximum absolute atomic E-state index is 13.4. The van der Waals surface area contributed by atoms with Crippen molar-refractivity contribution in [3.63, 3.8) is 0 Å². The summed E-state index contributed by atoms with van der Waals surface area (Å²) in [6, 6.07) is 22.0. The number of benzene rings is 3. The third-order valence-corrected chi connectivity index (χ3v) is 5.42. The molecule has 1 aliphatic heterocycles. The third-order valence-electron chi connectivity index (χ3n) is 4.89. The van der Waals surface area contributed by atoms with Crippen LogP contribution in [0.3, 0.4) is 0 Å². The number of aryl methyl sites for hydroxylation is 1. The first-order chi connectivity index (χ1) is 14.4. The van der Waals surface area contributed by atoms with Gasteiger partial charge in [0.2, 0.25) is 0 Å². The lowest BCUT2D eigenvalue weighted by Crippen LogP contribution is -2.25. The molecule has 3 aromatic carbocycles. The average molecular weight is 461 g/mol. The molecule has 6 heteroatoms. The Morgan fingerprint density at radius 2 is 1.70 bits per heavy atom. The summed E-state index contributed by atoms with van der Waals surface area (Å²) in [7, 11) is 0. The molecule has 5 nitrogen and oxygen atoms in total. The van der Waals surface area contributed by atoms with Gasteiger partial charge in [0.05, 0.1) is 16.3 Å². The molecule has 0 spiro atoms. The number of amides is 1. The van der Waals surface area contributed by atoms with Gasteiger partial charge in [-0.15, -0.1) is 0 Å². The van der Waals surface area contributed by atoms with Crippen LogP contribution >= 0.6 is 15.9 Å². The number of nitro benzene ring substituents is 1. The summed E-state index contributed by atoms with van der Waals surface area (Å²) in [6.07, 6.45) is 3.64. The molecule has 4 rings (SSSR count). The Morgan fingerprint density at radius 3 is 2.37 bits per heavy atom. The third kappa shape index (κ3) is 3.82. The number of carbonyl (C=O) groups excluding carboxylic acids is 1. The van der Waals surface area contributed by atoms with Crippen LogP contribution in [0.5, 0.6) is 0 Å². The molecule has 1 heterocycles. The van der Waals surface area contributed by atoms with Crippen LogP contribution in [0.1, 0.15) is 16.7 Å². The zero-order chi connectivity index (χ0) is 21.3. The number of hydrogen-bond donors (Lipinski definition) is 0. The molecule has 0 bridgehead atoms. The van der Waals surface area contributed by atoms with Gasteiger partial charge in [0, 0.05) is 21.7 Å². The van der Waals surface area contributed by atoms with E-state index >= 15 is 0 Å². The molecule has 1 amide bonds. The molecule has 148 valence electrons. The summed E-state index contributed by atoms with van der Waals surface area (Å²) in [5.41, 5.74) is 3.94. The monoisotopic (exact) mass is 460 g/mol. The molecule has 0 saturated heterocycles. The SMILES string of the molecule is Cc1ccc(N2C(=O)/C(=C/c3ccc(Br)cc3)C=C2c2ccccc2)cc1[N+](=O)[O-]. The molecule has 1 aliphatic rings. The van der Waals surface area contributed by atoms with Gasteiger partial charge < -0.3 is 0 Å². The molecule has 0 fully saturated rings. The van der Waals surface area contributed by atoms with Crippen molar-refractivity contribution < 1.29 is 9.72 Å². The van der Waals surface area contributed by atoms with Crippen molar-refractivity contribution in [3.05, 3.63) is 116 Å². The summed E-state index contributed by atoms with van der Waals surface area (Å²) in [5.74, 6) is -0.227. The smallest absolute Gasteiger partial charge is 0.274 e. The largest absolute Gasteiger partial charge is 0.276 e. The van der Waals surface area contributed by atoms with E-state index in [4.69, 9.17) is 0 Å². The molecule has 0 radical (unpaired) electrons. The molecule has 30 heavy (non-hydrogen) atoms. The summed E-state index contributed by atoms with van der Waals surface area (Å²) < 4.78 is 0.955. The maximum atomic E-state index is 13.4. The highest BCUT2D eigenvalue weighted by Crippen LogP contribution is 2.37. The van der Waals surface area contributed by atoms with Crippen molar-refractivity contribution in [2.45, 2.75) is 6.92 Å². The number of anilines is 1. The lowest BCUT2D eigenvalue weighted by molar-refractivity contribution is -0.385. The average Bonchev–Trinajstić information content (AvgIpc) is 3.07. The number of halogens is 1. The highest BCUT2D eigenvalue weighted by atomic mass is 79.9. The number of nitro groups is 1. The second-order valence-electron chi connectivity index (χ2n) is 6.92. The Labute approximate surface area is 182 Å². The lowest BCUT2D eigenvalue weighted by Gasteiger charge is -2.21. The summed E-state index contributed by atoms with van der Waals surface area (Å²) >= 11 is 3.41. The van der Waals surface area contributed by atoms with Crippen LogP contribution in [-0.2, 0) is 4.79 Å². The van der Waals surface area contributed by atoms with Gasteiger partial charge in [-0.2, -0.15) is 0 Å². The van der Waals surface area contributed by atoms with E-state index in [0.717, 1.165) is 15.6 Å². The minimum Gasteiger partial charge on any atom is -0.276 e. The molecule has 0 aromatic heterocycles. The second kappa shape index (κ2) is 8.08. The second-order valence-corrected chi connectivity index (χ2v) is 7.83. The standard InChI is InChI=1S/C24H17BrN2O3/c1-16-7-12-21(15-22(16)27(29)30)26-23(18-5-3-2-4-6-18)14-19(24(26)28)13-17-8-10-20(25)11-9-17/h2-15H,1H3/b19-13+. The molecule has 0 unspecified atom stereocenters. The van der Waals surface area contributed by atoms with Gasteiger partial charge >= 0.3 is 0 Å². The Hall–Kier alpha value is -3.51.